The van der Waals surface area contributed by atoms with Gasteiger partial charge in [0.05, 0.1) is 10.9 Å². The molecule has 20 heavy (non-hydrogen) atoms. The van der Waals surface area contributed by atoms with Crippen molar-refractivity contribution in [2.24, 2.45) is 0 Å². The molecule has 2 aromatic rings. The van der Waals surface area contributed by atoms with Crippen molar-refractivity contribution in [2.75, 3.05) is 11.9 Å². The van der Waals surface area contributed by atoms with Gasteiger partial charge in [-0.25, -0.2) is 23.1 Å². The monoisotopic (exact) mass is 312 g/mol. The van der Waals surface area contributed by atoms with Gasteiger partial charge in [-0.15, -0.1) is 11.3 Å². The summed E-state index contributed by atoms with van der Waals surface area (Å²) in [5.74, 6) is 0.539. The Balaban J connectivity index is 2.20. The first kappa shape index (κ1) is 14.9. The first-order valence-electron chi connectivity index (χ1n) is 6.14. The zero-order valence-corrected chi connectivity index (χ0v) is 12.8. The van der Waals surface area contributed by atoms with Crippen molar-refractivity contribution in [3.63, 3.8) is 0 Å². The fourth-order valence-electron chi connectivity index (χ4n) is 1.66. The van der Waals surface area contributed by atoms with E-state index in [1.54, 1.807) is 13.1 Å². The SMILES string of the molecule is CCNc1cc(S(=O)(=O)NC(C)c2nccs2)ccn1. The molecule has 0 aliphatic heterocycles. The highest BCUT2D eigenvalue weighted by Crippen LogP contribution is 2.19. The number of anilines is 1. The van der Waals surface area contributed by atoms with Gasteiger partial charge in [-0.1, -0.05) is 0 Å². The van der Waals surface area contributed by atoms with E-state index in [2.05, 4.69) is 20.0 Å². The Labute approximate surface area is 122 Å². The summed E-state index contributed by atoms with van der Waals surface area (Å²) in [6.07, 6.45) is 3.13. The first-order valence-corrected chi connectivity index (χ1v) is 8.51. The molecule has 0 aliphatic carbocycles. The van der Waals surface area contributed by atoms with E-state index in [1.807, 2.05) is 12.3 Å². The average molecular weight is 312 g/mol. The highest BCUT2D eigenvalue weighted by molar-refractivity contribution is 7.89. The molecule has 2 rings (SSSR count). The smallest absolute Gasteiger partial charge is 0.241 e. The van der Waals surface area contributed by atoms with Crippen molar-refractivity contribution < 1.29 is 8.42 Å². The van der Waals surface area contributed by atoms with Gasteiger partial charge < -0.3 is 5.32 Å². The minimum Gasteiger partial charge on any atom is -0.370 e. The van der Waals surface area contributed by atoms with Crippen LogP contribution in [0.25, 0.3) is 0 Å². The number of hydrogen-bond acceptors (Lipinski definition) is 6. The molecule has 6 nitrogen and oxygen atoms in total. The maximum atomic E-state index is 12.3. The van der Waals surface area contributed by atoms with Crippen LogP contribution in [0.5, 0.6) is 0 Å². The van der Waals surface area contributed by atoms with Gasteiger partial charge >= 0.3 is 0 Å². The Bertz CT molecular complexity index is 656. The lowest BCUT2D eigenvalue weighted by Gasteiger charge is -2.12. The van der Waals surface area contributed by atoms with Gasteiger partial charge in [0.1, 0.15) is 10.8 Å². The second-order valence-corrected chi connectivity index (χ2v) is 6.76. The highest BCUT2D eigenvalue weighted by atomic mass is 32.2. The van der Waals surface area contributed by atoms with Gasteiger partial charge in [0.2, 0.25) is 10.0 Å². The third-order valence-electron chi connectivity index (χ3n) is 2.55. The fourth-order valence-corrected chi connectivity index (χ4v) is 3.60. The van der Waals surface area contributed by atoms with Gasteiger partial charge in [0.25, 0.3) is 0 Å². The van der Waals surface area contributed by atoms with Crippen molar-refractivity contribution in [3.8, 4) is 0 Å². The second-order valence-electron chi connectivity index (χ2n) is 4.12. The van der Waals surface area contributed by atoms with E-state index in [0.29, 0.717) is 12.4 Å². The van der Waals surface area contributed by atoms with Crippen LogP contribution < -0.4 is 10.0 Å². The summed E-state index contributed by atoms with van der Waals surface area (Å²) >= 11 is 1.42. The lowest BCUT2D eigenvalue weighted by molar-refractivity contribution is 0.566. The van der Waals surface area contributed by atoms with Gasteiger partial charge in [-0.05, 0) is 19.9 Å². The quantitative estimate of drug-likeness (QED) is 0.852. The molecule has 2 aromatic heterocycles. The minimum atomic E-state index is -3.59. The molecule has 0 spiro atoms. The van der Waals surface area contributed by atoms with Crippen LogP contribution in [-0.2, 0) is 10.0 Å². The lowest BCUT2D eigenvalue weighted by atomic mass is 10.4. The van der Waals surface area contributed by atoms with Crippen molar-refractivity contribution in [2.45, 2.75) is 24.8 Å². The van der Waals surface area contributed by atoms with Crippen LogP contribution in [0.4, 0.5) is 5.82 Å². The molecule has 2 heterocycles. The van der Waals surface area contributed by atoms with Crippen LogP contribution in [-0.4, -0.2) is 24.9 Å². The molecule has 0 aliphatic rings. The van der Waals surface area contributed by atoms with E-state index < -0.39 is 10.0 Å². The maximum absolute atomic E-state index is 12.3. The number of sulfonamides is 1. The van der Waals surface area contributed by atoms with Gasteiger partial charge in [-0.3, -0.25) is 0 Å². The Morgan fingerprint density at radius 1 is 1.35 bits per heavy atom. The Morgan fingerprint density at radius 2 is 2.15 bits per heavy atom. The molecule has 0 amide bonds. The standard InChI is InChI=1S/C12H16N4O2S2/c1-3-13-11-8-10(4-5-14-11)20(17,18)16-9(2)12-15-6-7-19-12/h4-9,16H,3H2,1-2H3,(H,13,14). The first-order chi connectivity index (χ1) is 9.53. The third kappa shape index (κ3) is 3.53. The van der Waals surface area contributed by atoms with Crippen LogP contribution >= 0.6 is 11.3 Å². The third-order valence-corrected chi connectivity index (χ3v) is 5.05. The molecule has 0 saturated heterocycles. The topological polar surface area (TPSA) is 84.0 Å². The summed E-state index contributed by atoms with van der Waals surface area (Å²) in [6, 6.07) is 2.62. The molecule has 1 unspecified atom stereocenters. The number of nitrogens with zero attached hydrogens (tertiary/aromatic N) is 2. The maximum Gasteiger partial charge on any atom is 0.241 e. The number of pyridine rings is 1. The normalized spacial score (nSPS) is 13.1. The van der Waals surface area contributed by atoms with Crippen molar-refractivity contribution in [3.05, 3.63) is 34.9 Å². The van der Waals surface area contributed by atoms with E-state index >= 15 is 0 Å². The summed E-state index contributed by atoms with van der Waals surface area (Å²) in [4.78, 5) is 8.35. The summed E-state index contributed by atoms with van der Waals surface area (Å²) < 4.78 is 27.2. The number of thiazole rings is 1. The molecular formula is C12H16N4O2S2. The van der Waals surface area contributed by atoms with E-state index in [9.17, 15) is 8.42 Å². The predicted molar refractivity (Wildman–Crippen MR) is 79.3 cm³/mol. The Hall–Kier alpha value is -1.51. The molecular weight excluding hydrogens is 296 g/mol. The van der Waals surface area contributed by atoms with Crippen molar-refractivity contribution in [1.82, 2.24) is 14.7 Å². The second kappa shape index (κ2) is 6.29. The van der Waals surface area contributed by atoms with E-state index in [-0.39, 0.29) is 10.9 Å². The van der Waals surface area contributed by atoms with Crippen molar-refractivity contribution >= 4 is 27.2 Å². The molecule has 0 bridgehead atoms. The van der Waals surface area contributed by atoms with Crippen LogP contribution in [0.2, 0.25) is 0 Å². The number of aromatic nitrogens is 2. The van der Waals surface area contributed by atoms with Crippen molar-refractivity contribution in [1.29, 1.82) is 0 Å². The summed E-state index contributed by atoms with van der Waals surface area (Å²) in [5.41, 5.74) is 0. The lowest BCUT2D eigenvalue weighted by Crippen LogP contribution is -2.27. The van der Waals surface area contributed by atoms with Crippen LogP contribution in [0.1, 0.15) is 24.9 Å². The largest absolute Gasteiger partial charge is 0.370 e. The highest BCUT2D eigenvalue weighted by Gasteiger charge is 2.20. The Kier molecular flexibility index (Phi) is 4.69. The van der Waals surface area contributed by atoms with Crippen LogP contribution in [0.15, 0.2) is 34.8 Å². The molecule has 0 aromatic carbocycles. The van der Waals surface area contributed by atoms with Gasteiger partial charge in [0.15, 0.2) is 0 Å². The summed E-state index contributed by atoms with van der Waals surface area (Å²) in [7, 11) is -3.59. The number of rotatable bonds is 6. The van der Waals surface area contributed by atoms with Gasteiger partial charge in [0, 0.05) is 30.4 Å². The average Bonchev–Trinajstić information content (AvgIpc) is 2.93. The minimum absolute atomic E-state index is 0.187. The van der Waals surface area contributed by atoms with Crippen LogP contribution in [0.3, 0.4) is 0 Å². The molecule has 2 N–H and O–H groups in total. The van der Waals surface area contributed by atoms with Crippen LogP contribution in [0, 0.1) is 0 Å². The molecule has 8 heteroatoms. The predicted octanol–water partition coefficient (Wildman–Crippen LogP) is 2.01. The van der Waals surface area contributed by atoms with E-state index in [4.69, 9.17) is 0 Å². The molecule has 0 fully saturated rings. The molecule has 1 atom stereocenters. The zero-order valence-electron chi connectivity index (χ0n) is 11.2. The summed E-state index contributed by atoms with van der Waals surface area (Å²) in [6.45, 7) is 4.37. The summed E-state index contributed by atoms with van der Waals surface area (Å²) in [5, 5.41) is 5.53. The van der Waals surface area contributed by atoms with E-state index in [0.717, 1.165) is 5.01 Å². The number of hydrogen-bond donors (Lipinski definition) is 2. The molecule has 0 radical (unpaired) electrons. The fraction of sp³-hybridized carbons (Fsp3) is 0.333. The zero-order chi connectivity index (χ0) is 14.6. The molecule has 0 saturated carbocycles. The number of nitrogens with one attached hydrogen (secondary N) is 2. The van der Waals surface area contributed by atoms with E-state index in [1.165, 1.54) is 29.7 Å². The molecule has 108 valence electrons. The Morgan fingerprint density at radius 3 is 2.80 bits per heavy atom. The van der Waals surface area contributed by atoms with Gasteiger partial charge in [-0.2, -0.15) is 0 Å².